The van der Waals surface area contributed by atoms with Crippen LogP contribution >= 0.6 is 0 Å². The summed E-state index contributed by atoms with van der Waals surface area (Å²) in [6.45, 7) is 10.7. The van der Waals surface area contributed by atoms with Crippen LogP contribution in [0.2, 0.25) is 0 Å². The van der Waals surface area contributed by atoms with Crippen LogP contribution in [0.25, 0.3) is 44.8 Å². The van der Waals surface area contributed by atoms with Gasteiger partial charge in [-0.05, 0) is 139 Å². The Balaban J connectivity index is 0.000000296. The monoisotopic (exact) mass is 1210 g/mol. The molecule has 6 aromatic carbocycles. The second-order valence-corrected chi connectivity index (χ2v) is 21.5. The van der Waals surface area contributed by atoms with Gasteiger partial charge < -0.3 is 65.1 Å². The molecule has 2 amide bonds. The SMILES string of the molecule is CC(C)c1c(C(=O)Nc2ccccc2)c(-c2ccccc2)c(-c2ccc(F)cc2)n1CC[C@@H](O)C[C@@H](O)CC(=O)[O-].CC(C)c1c(C(=O)Nc2ccccc2)c(-c2ccccc2)c(-c2ccc(F)cc2)n1CC[C@@H](O)C[C@@H](O)CC(=O)[O-].CCCO.[Ca+2]. The van der Waals surface area contributed by atoms with E-state index in [9.17, 15) is 58.6 Å². The van der Waals surface area contributed by atoms with Crippen LogP contribution in [0, 0.1) is 11.6 Å². The van der Waals surface area contributed by atoms with Gasteiger partial charge in [0.1, 0.15) is 11.6 Å². The predicted molar refractivity (Wildman–Crippen MR) is 332 cm³/mol. The number of halogens is 2. The number of anilines is 2. The van der Waals surface area contributed by atoms with E-state index in [2.05, 4.69) is 10.6 Å². The number of carbonyl (C=O) groups excluding carboxylic acids is 4. The molecule has 0 fully saturated rings. The molecule has 4 atom stereocenters. The quantitative estimate of drug-likeness (QED) is 0.0265. The summed E-state index contributed by atoms with van der Waals surface area (Å²) < 4.78 is 32.0. The number of nitrogens with zero attached hydrogens (tertiary/aromatic N) is 2. The molecule has 8 aromatic rings. The Kier molecular flexibility index (Phi) is 28.2. The van der Waals surface area contributed by atoms with Gasteiger partial charge in [-0.25, -0.2) is 8.78 Å². The van der Waals surface area contributed by atoms with Crippen LogP contribution in [0.3, 0.4) is 0 Å². The van der Waals surface area contributed by atoms with E-state index in [-0.39, 0.29) is 100 Å². The van der Waals surface area contributed by atoms with E-state index in [1.807, 2.05) is 141 Å². The first kappa shape index (κ1) is 70.4. The number of aliphatic hydroxyl groups excluding tert-OH is 5. The maximum absolute atomic E-state index is 14.0. The number of aliphatic hydroxyl groups is 5. The number of nitrogens with one attached hydrogen (secondary N) is 2. The largest absolute Gasteiger partial charge is 2.00 e. The molecule has 2 aromatic heterocycles. The van der Waals surface area contributed by atoms with Crippen LogP contribution < -0.4 is 20.8 Å². The van der Waals surface area contributed by atoms with Crippen molar-refractivity contribution in [1.29, 1.82) is 0 Å². The molecule has 0 aliphatic carbocycles. The van der Waals surface area contributed by atoms with Crippen molar-refractivity contribution in [3.05, 3.63) is 204 Å². The van der Waals surface area contributed by atoms with E-state index in [0.29, 0.717) is 62.8 Å². The van der Waals surface area contributed by atoms with Gasteiger partial charge in [-0.2, -0.15) is 0 Å². The van der Waals surface area contributed by atoms with Crippen molar-refractivity contribution in [2.75, 3.05) is 17.2 Å². The van der Waals surface area contributed by atoms with Crippen LogP contribution in [-0.2, 0) is 22.7 Å². The van der Waals surface area contributed by atoms with Gasteiger partial charge >= 0.3 is 37.7 Å². The van der Waals surface area contributed by atoms with Crippen molar-refractivity contribution in [2.45, 2.75) is 129 Å². The molecule has 0 aliphatic rings. The molecule has 2 heterocycles. The molecular weight excluding hydrogens is 1140 g/mol. The first-order valence-corrected chi connectivity index (χ1v) is 28.8. The minimum Gasteiger partial charge on any atom is -0.550 e. The summed E-state index contributed by atoms with van der Waals surface area (Å²) in [7, 11) is 0. The number of rotatable bonds is 25. The standard InChI is InChI=1S/2C33H35FN2O5.C3H8O.Ca/c2*1-21(2)31-30(33(41)35-25-11-7-4-8-12-25)29(22-9-5-3-6-10-22)32(23-13-15-24(34)16-14-23)36(31)18-17-26(37)19-27(38)20-28(39)40;1-2-3-4;/h2*3-16,21,26-27,37-38H,17-20H2,1-2H3,(H,35,41)(H,39,40);4H,2-3H2,1H3;/q;;;+2/p-2/t2*26-,27-;;/m11../s1. The van der Waals surface area contributed by atoms with E-state index in [1.165, 1.54) is 24.3 Å². The van der Waals surface area contributed by atoms with Crippen LogP contribution in [-0.4, -0.2) is 127 Å². The number of carbonyl (C=O) groups is 4. The first-order valence-electron chi connectivity index (χ1n) is 28.8. The fraction of sp³-hybridized carbons (Fsp3) is 0.304. The fourth-order valence-electron chi connectivity index (χ4n) is 10.4. The van der Waals surface area contributed by atoms with E-state index in [0.717, 1.165) is 28.9 Å². The van der Waals surface area contributed by atoms with Crippen LogP contribution in [0.4, 0.5) is 20.2 Å². The Morgan fingerprint density at radius 2 is 0.770 bits per heavy atom. The molecule has 0 radical (unpaired) electrons. The summed E-state index contributed by atoms with van der Waals surface area (Å²) in [5.74, 6) is -4.41. The van der Waals surface area contributed by atoms with E-state index in [4.69, 9.17) is 5.11 Å². The summed E-state index contributed by atoms with van der Waals surface area (Å²) >= 11 is 0. The maximum atomic E-state index is 14.0. The molecule has 0 aliphatic heterocycles. The molecule has 0 unspecified atom stereocenters. The molecule has 454 valence electrons. The van der Waals surface area contributed by atoms with Crippen molar-refractivity contribution in [1.82, 2.24) is 9.13 Å². The Morgan fingerprint density at radius 3 is 1.05 bits per heavy atom. The van der Waals surface area contributed by atoms with Crippen molar-refractivity contribution in [3.8, 4) is 44.8 Å². The Morgan fingerprint density at radius 1 is 0.471 bits per heavy atom. The predicted octanol–water partition coefficient (Wildman–Crippen LogP) is 9.97. The third kappa shape index (κ3) is 20.1. The normalized spacial score (nSPS) is 12.3. The fourth-order valence-corrected chi connectivity index (χ4v) is 10.4. The summed E-state index contributed by atoms with van der Waals surface area (Å²) in [6, 6.07) is 49.4. The van der Waals surface area contributed by atoms with Gasteiger partial charge in [0, 0.05) is 78.4 Å². The zero-order chi connectivity index (χ0) is 62.5. The Bertz CT molecular complexity index is 3210. The van der Waals surface area contributed by atoms with Crippen LogP contribution in [0.1, 0.15) is 124 Å². The number of aromatic nitrogens is 2. The van der Waals surface area contributed by atoms with Gasteiger partial charge in [0.2, 0.25) is 0 Å². The van der Waals surface area contributed by atoms with E-state index in [1.54, 1.807) is 48.5 Å². The molecule has 18 heteroatoms. The summed E-state index contributed by atoms with van der Waals surface area (Å²) in [5.41, 5.74) is 9.43. The van der Waals surface area contributed by atoms with Crippen molar-refractivity contribution >= 4 is 72.9 Å². The van der Waals surface area contributed by atoms with Gasteiger partial charge in [0.05, 0.1) is 46.9 Å². The zero-order valence-corrected chi connectivity index (χ0v) is 52.0. The molecule has 7 N–H and O–H groups in total. The summed E-state index contributed by atoms with van der Waals surface area (Å²) in [6.07, 6.45) is -4.66. The molecule has 87 heavy (non-hydrogen) atoms. The zero-order valence-electron chi connectivity index (χ0n) is 49.7. The second-order valence-electron chi connectivity index (χ2n) is 21.5. The number of hydrogen-bond acceptors (Lipinski definition) is 11. The average Bonchev–Trinajstić information content (AvgIpc) is 1.62. The minimum absolute atomic E-state index is 0. The molecule has 8 rings (SSSR count). The van der Waals surface area contributed by atoms with E-state index >= 15 is 0 Å². The Hall–Kier alpha value is -7.32. The van der Waals surface area contributed by atoms with Crippen LogP contribution in [0.15, 0.2) is 170 Å². The number of carboxylic acid groups (broad SMARTS) is 2. The molecule has 0 spiro atoms. The van der Waals surface area contributed by atoms with E-state index < -0.39 is 60.8 Å². The number of amides is 2. The molecule has 0 saturated carbocycles. The van der Waals surface area contributed by atoms with Gasteiger partial charge in [-0.3, -0.25) is 9.59 Å². The van der Waals surface area contributed by atoms with Gasteiger partial charge in [-0.15, -0.1) is 0 Å². The molecule has 15 nitrogen and oxygen atoms in total. The molecular formula is C69H76CaF2N4O11. The van der Waals surface area contributed by atoms with Crippen molar-refractivity contribution in [2.24, 2.45) is 0 Å². The van der Waals surface area contributed by atoms with Gasteiger partial charge in [-0.1, -0.05) is 132 Å². The Labute approximate surface area is 537 Å². The number of hydrogen-bond donors (Lipinski definition) is 7. The first-order chi connectivity index (χ1) is 41.2. The number of aliphatic carboxylic acids is 2. The second kappa shape index (κ2) is 34.9. The summed E-state index contributed by atoms with van der Waals surface area (Å²) in [5, 5.41) is 77.1. The van der Waals surface area contributed by atoms with Gasteiger partial charge in [0.25, 0.3) is 11.8 Å². The molecule has 0 bridgehead atoms. The smallest absolute Gasteiger partial charge is 0.550 e. The molecule has 0 saturated heterocycles. The number of benzene rings is 6. The van der Waals surface area contributed by atoms with Crippen LogP contribution in [0.5, 0.6) is 0 Å². The van der Waals surface area contributed by atoms with Crippen molar-refractivity contribution in [3.63, 3.8) is 0 Å². The third-order valence-corrected chi connectivity index (χ3v) is 14.1. The average molecular weight is 1220 g/mol. The maximum Gasteiger partial charge on any atom is 2.00 e. The number of para-hydroxylation sites is 2. The third-order valence-electron chi connectivity index (χ3n) is 14.1. The summed E-state index contributed by atoms with van der Waals surface area (Å²) in [4.78, 5) is 49.8. The minimum atomic E-state index is -1.39. The topological polar surface area (TPSA) is 249 Å². The van der Waals surface area contributed by atoms with Crippen molar-refractivity contribution < 1.29 is 63.7 Å². The number of carboxylic acids is 2. The van der Waals surface area contributed by atoms with Gasteiger partial charge in [0.15, 0.2) is 0 Å².